The van der Waals surface area contributed by atoms with Crippen LogP contribution in [0, 0.1) is 13.8 Å². The van der Waals surface area contributed by atoms with Gasteiger partial charge in [0, 0.05) is 17.4 Å². The molecule has 5 heteroatoms. The Balaban J connectivity index is 1.97. The van der Waals surface area contributed by atoms with Gasteiger partial charge in [0.1, 0.15) is 0 Å². The second-order valence-electron chi connectivity index (χ2n) is 6.42. The van der Waals surface area contributed by atoms with Crippen molar-refractivity contribution >= 4 is 33.4 Å². The molecule has 0 aliphatic rings. The predicted molar refractivity (Wildman–Crippen MR) is 99.9 cm³/mol. The van der Waals surface area contributed by atoms with Crippen molar-refractivity contribution in [2.75, 3.05) is 0 Å². The van der Waals surface area contributed by atoms with E-state index in [4.69, 9.17) is 0 Å². The molecule has 0 N–H and O–H groups in total. The molecule has 24 heavy (non-hydrogen) atoms. The van der Waals surface area contributed by atoms with Gasteiger partial charge in [0.2, 0.25) is 0 Å². The first kappa shape index (κ1) is 15.1. The predicted octanol–water partition coefficient (Wildman–Crippen LogP) is 3.46. The van der Waals surface area contributed by atoms with Crippen LogP contribution in [0.4, 0.5) is 0 Å². The number of aromatic nitrogens is 3. The number of aryl methyl sites for hydroxylation is 1. The van der Waals surface area contributed by atoms with E-state index in [0.717, 1.165) is 26.1 Å². The second-order valence-corrected chi connectivity index (χ2v) is 7.43. The van der Waals surface area contributed by atoms with Crippen LogP contribution in [0.5, 0.6) is 0 Å². The van der Waals surface area contributed by atoms with Crippen LogP contribution >= 0.6 is 11.3 Å². The monoisotopic (exact) mass is 337 g/mol. The lowest BCUT2D eigenvalue weighted by molar-refractivity contribution is 0.574. The lowest BCUT2D eigenvalue weighted by Crippen LogP contribution is -2.22. The van der Waals surface area contributed by atoms with E-state index in [9.17, 15) is 4.79 Å². The summed E-state index contributed by atoms with van der Waals surface area (Å²) in [6.07, 6.45) is 2.00. The number of nitrogens with zero attached hydrogens (tertiary/aromatic N) is 3. The fraction of sp³-hybridized carbons (Fsp3) is 0.263. The van der Waals surface area contributed by atoms with Crippen LogP contribution in [-0.4, -0.2) is 14.0 Å². The summed E-state index contributed by atoms with van der Waals surface area (Å²) in [6.45, 7) is 8.57. The summed E-state index contributed by atoms with van der Waals surface area (Å²) in [5.41, 5.74) is 5.27. The zero-order chi connectivity index (χ0) is 17.0. The Hall–Kier alpha value is -2.40. The number of hydrogen-bond donors (Lipinski definition) is 0. The van der Waals surface area contributed by atoms with E-state index in [1.165, 1.54) is 22.7 Å². The molecule has 0 aliphatic heterocycles. The number of para-hydroxylation sites is 2. The number of benzene rings is 1. The average molecular weight is 337 g/mol. The summed E-state index contributed by atoms with van der Waals surface area (Å²) in [5, 5.41) is 0. The number of thiazole rings is 1. The molecule has 0 atom stereocenters. The summed E-state index contributed by atoms with van der Waals surface area (Å²) in [7, 11) is 0. The molecule has 1 aromatic carbocycles. The maximum absolute atomic E-state index is 12.8. The third-order valence-corrected chi connectivity index (χ3v) is 5.44. The van der Waals surface area contributed by atoms with Gasteiger partial charge in [-0.25, -0.2) is 9.38 Å². The van der Waals surface area contributed by atoms with Crippen molar-refractivity contribution in [2.45, 2.75) is 33.7 Å². The SMILES string of the molecule is Cc1cc(/C=c2\sc3nc4ccccc4n3c2=O)c(C)n1C(C)C. The molecule has 4 aromatic rings. The Morgan fingerprint density at radius 2 is 1.96 bits per heavy atom. The maximum atomic E-state index is 12.8. The summed E-state index contributed by atoms with van der Waals surface area (Å²) >= 11 is 1.45. The molecule has 0 spiro atoms. The third kappa shape index (κ3) is 2.12. The average Bonchev–Trinajstić information content (AvgIpc) is 3.12. The summed E-state index contributed by atoms with van der Waals surface area (Å²) in [4.78, 5) is 18.2. The molecule has 3 aromatic heterocycles. The van der Waals surface area contributed by atoms with E-state index in [1.54, 1.807) is 4.40 Å². The highest BCUT2D eigenvalue weighted by atomic mass is 32.1. The lowest BCUT2D eigenvalue weighted by atomic mass is 10.2. The second kappa shape index (κ2) is 5.31. The Bertz CT molecular complexity index is 1180. The molecule has 3 heterocycles. The zero-order valence-electron chi connectivity index (χ0n) is 14.2. The van der Waals surface area contributed by atoms with Gasteiger partial charge in [-0.2, -0.15) is 0 Å². The molecule has 4 nitrogen and oxygen atoms in total. The van der Waals surface area contributed by atoms with Crippen molar-refractivity contribution in [3.05, 3.63) is 62.2 Å². The quantitative estimate of drug-likeness (QED) is 0.562. The van der Waals surface area contributed by atoms with Gasteiger partial charge in [0.15, 0.2) is 4.96 Å². The first-order chi connectivity index (χ1) is 11.5. The van der Waals surface area contributed by atoms with Crippen molar-refractivity contribution in [2.24, 2.45) is 0 Å². The lowest BCUT2D eigenvalue weighted by Gasteiger charge is -2.13. The van der Waals surface area contributed by atoms with Crippen molar-refractivity contribution < 1.29 is 0 Å². The van der Waals surface area contributed by atoms with E-state index in [-0.39, 0.29) is 5.56 Å². The van der Waals surface area contributed by atoms with Gasteiger partial charge in [0.05, 0.1) is 15.6 Å². The maximum Gasteiger partial charge on any atom is 0.274 e. The normalized spacial score (nSPS) is 13.0. The van der Waals surface area contributed by atoms with E-state index in [0.29, 0.717) is 6.04 Å². The molecule has 0 bridgehead atoms. The fourth-order valence-corrected chi connectivity index (χ4v) is 4.47. The highest BCUT2D eigenvalue weighted by molar-refractivity contribution is 7.15. The Labute approximate surface area is 143 Å². The minimum absolute atomic E-state index is 0.0121. The van der Waals surface area contributed by atoms with Crippen LogP contribution in [0.1, 0.15) is 36.8 Å². The summed E-state index contributed by atoms with van der Waals surface area (Å²) in [5.74, 6) is 0. The van der Waals surface area contributed by atoms with E-state index in [2.05, 4.69) is 43.3 Å². The topological polar surface area (TPSA) is 39.3 Å². The first-order valence-corrected chi connectivity index (χ1v) is 8.89. The van der Waals surface area contributed by atoms with Crippen molar-refractivity contribution in [3.8, 4) is 0 Å². The molecule has 4 rings (SSSR count). The highest BCUT2D eigenvalue weighted by Gasteiger charge is 2.13. The largest absolute Gasteiger partial charge is 0.346 e. The molecule has 0 aliphatic carbocycles. The summed E-state index contributed by atoms with van der Waals surface area (Å²) in [6, 6.07) is 10.3. The number of imidazole rings is 1. The Kier molecular flexibility index (Phi) is 3.35. The van der Waals surface area contributed by atoms with Gasteiger partial charge in [-0.05, 0) is 57.5 Å². The molecule has 0 saturated carbocycles. The number of fused-ring (bicyclic) bond motifs is 3. The van der Waals surface area contributed by atoms with E-state index >= 15 is 0 Å². The van der Waals surface area contributed by atoms with E-state index < -0.39 is 0 Å². The van der Waals surface area contributed by atoms with Gasteiger partial charge in [0.25, 0.3) is 5.56 Å². The number of hydrogen-bond acceptors (Lipinski definition) is 3. The highest BCUT2D eigenvalue weighted by Crippen LogP contribution is 2.21. The minimum atomic E-state index is 0.0121. The minimum Gasteiger partial charge on any atom is -0.346 e. The number of rotatable bonds is 2. The molecule has 0 unspecified atom stereocenters. The molecular formula is C19H19N3OS. The summed E-state index contributed by atoms with van der Waals surface area (Å²) < 4.78 is 4.74. The van der Waals surface area contributed by atoms with Crippen LogP contribution in [-0.2, 0) is 0 Å². The molecule has 0 radical (unpaired) electrons. The van der Waals surface area contributed by atoms with Crippen LogP contribution in [0.15, 0.2) is 35.1 Å². The van der Waals surface area contributed by atoms with Crippen LogP contribution in [0.2, 0.25) is 0 Å². The molecule has 0 saturated heterocycles. The van der Waals surface area contributed by atoms with Gasteiger partial charge >= 0.3 is 0 Å². The van der Waals surface area contributed by atoms with Gasteiger partial charge in [-0.3, -0.25) is 4.79 Å². The zero-order valence-corrected chi connectivity index (χ0v) is 15.0. The van der Waals surface area contributed by atoms with Crippen LogP contribution in [0.3, 0.4) is 0 Å². The standard InChI is InChI=1S/C19H19N3OS/c1-11(2)21-12(3)9-14(13(21)4)10-17-18(23)22-16-8-6-5-7-15(16)20-19(22)24-17/h5-11H,1-4H3/b17-10-. The van der Waals surface area contributed by atoms with Crippen molar-refractivity contribution in [1.29, 1.82) is 0 Å². The fourth-order valence-electron chi connectivity index (χ4n) is 3.50. The molecule has 0 fully saturated rings. The van der Waals surface area contributed by atoms with Crippen molar-refractivity contribution in [3.63, 3.8) is 0 Å². The Morgan fingerprint density at radius 3 is 2.67 bits per heavy atom. The Morgan fingerprint density at radius 1 is 1.21 bits per heavy atom. The van der Waals surface area contributed by atoms with E-state index in [1.807, 2.05) is 30.3 Å². The van der Waals surface area contributed by atoms with Crippen LogP contribution in [0.25, 0.3) is 22.1 Å². The molecule has 0 amide bonds. The molecular weight excluding hydrogens is 318 g/mol. The van der Waals surface area contributed by atoms with Gasteiger partial charge in [-0.15, -0.1) is 0 Å². The van der Waals surface area contributed by atoms with Crippen LogP contribution < -0.4 is 10.1 Å². The molecule has 122 valence electrons. The van der Waals surface area contributed by atoms with Gasteiger partial charge < -0.3 is 4.57 Å². The third-order valence-electron chi connectivity index (χ3n) is 4.47. The first-order valence-electron chi connectivity index (χ1n) is 8.07. The van der Waals surface area contributed by atoms with Gasteiger partial charge in [-0.1, -0.05) is 23.5 Å². The smallest absolute Gasteiger partial charge is 0.274 e. The van der Waals surface area contributed by atoms with Crippen molar-refractivity contribution in [1.82, 2.24) is 14.0 Å².